The average molecular weight is 216 g/mol. The fourth-order valence-electron chi connectivity index (χ4n) is 1.62. The quantitative estimate of drug-likeness (QED) is 0.671. The molecule has 0 aliphatic heterocycles. The molecule has 15 heavy (non-hydrogen) atoms. The van der Waals surface area contributed by atoms with Gasteiger partial charge in [0, 0.05) is 19.2 Å². The van der Waals surface area contributed by atoms with Crippen LogP contribution in [0.4, 0.5) is 0 Å². The van der Waals surface area contributed by atoms with Crippen LogP contribution in [-0.4, -0.2) is 44.3 Å². The molecule has 0 aliphatic rings. The van der Waals surface area contributed by atoms with Crippen LogP contribution in [0.3, 0.4) is 0 Å². The number of rotatable bonds is 8. The fourth-order valence-corrected chi connectivity index (χ4v) is 1.62. The molecule has 3 nitrogen and oxygen atoms in total. The van der Waals surface area contributed by atoms with Crippen molar-refractivity contribution in [3.8, 4) is 0 Å². The van der Waals surface area contributed by atoms with Gasteiger partial charge in [-0.1, -0.05) is 20.8 Å². The van der Waals surface area contributed by atoms with E-state index in [-0.39, 0.29) is 0 Å². The minimum atomic E-state index is 0.313. The number of likely N-dealkylation sites (N-methyl/N-ethyl adjacent to an activating group) is 1. The third-order valence-corrected chi connectivity index (χ3v) is 3.13. The molecule has 0 amide bonds. The maximum Gasteiger partial charge on any atom is 0.0617 e. The minimum absolute atomic E-state index is 0.313. The lowest BCUT2D eigenvalue weighted by Gasteiger charge is -2.28. The highest BCUT2D eigenvalue weighted by Gasteiger charge is 2.14. The monoisotopic (exact) mass is 216 g/mol. The molecule has 0 saturated heterocycles. The predicted molar refractivity (Wildman–Crippen MR) is 66.0 cm³/mol. The van der Waals surface area contributed by atoms with Crippen LogP contribution in [0.15, 0.2) is 0 Å². The molecule has 0 aromatic rings. The summed E-state index contributed by atoms with van der Waals surface area (Å²) in [6.45, 7) is 8.42. The normalized spacial score (nSPS) is 16.0. The number of nitrogens with two attached hydrogens (primary N) is 1. The summed E-state index contributed by atoms with van der Waals surface area (Å²) >= 11 is 0. The molecule has 0 aromatic heterocycles. The van der Waals surface area contributed by atoms with E-state index >= 15 is 0 Å². The van der Waals surface area contributed by atoms with E-state index < -0.39 is 0 Å². The van der Waals surface area contributed by atoms with Crippen molar-refractivity contribution < 1.29 is 4.74 Å². The van der Waals surface area contributed by atoms with E-state index in [0.29, 0.717) is 18.0 Å². The summed E-state index contributed by atoms with van der Waals surface area (Å²) in [5.74, 6) is 0.570. The molecule has 2 unspecified atom stereocenters. The molecule has 3 heteroatoms. The van der Waals surface area contributed by atoms with Crippen molar-refractivity contribution in [2.24, 2.45) is 11.7 Å². The van der Waals surface area contributed by atoms with Crippen LogP contribution >= 0.6 is 0 Å². The average Bonchev–Trinajstić information content (AvgIpc) is 2.21. The Morgan fingerprint density at radius 2 is 1.93 bits per heavy atom. The zero-order valence-corrected chi connectivity index (χ0v) is 11.0. The Morgan fingerprint density at radius 1 is 1.33 bits per heavy atom. The molecule has 0 heterocycles. The van der Waals surface area contributed by atoms with Gasteiger partial charge < -0.3 is 15.4 Å². The first kappa shape index (κ1) is 14.9. The van der Waals surface area contributed by atoms with Crippen LogP contribution in [0.2, 0.25) is 0 Å². The highest BCUT2D eigenvalue weighted by molar-refractivity contribution is 4.71. The van der Waals surface area contributed by atoms with E-state index in [1.54, 1.807) is 7.11 Å². The van der Waals surface area contributed by atoms with Gasteiger partial charge in [-0.15, -0.1) is 0 Å². The van der Waals surface area contributed by atoms with Gasteiger partial charge in [-0.2, -0.15) is 0 Å². The van der Waals surface area contributed by atoms with Crippen molar-refractivity contribution in [3.05, 3.63) is 0 Å². The first-order chi connectivity index (χ1) is 7.02. The number of nitrogens with zero attached hydrogens (tertiary/aromatic N) is 1. The van der Waals surface area contributed by atoms with Gasteiger partial charge in [0.15, 0.2) is 0 Å². The van der Waals surface area contributed by atoms with Crippen molar-refractivity contribution in [1.82, 2.24) is 4.90 Å². The molecular weight excluding hydrogens is 188 g/mol. The van der Waals surface area contributed by atoms with Crippen LogP contribution in [0.5, 0.6) is 0 Å². The van der Waals surface area contributed by atoms with Crippen molar-refractivity contribution in [3.63, 3.8) is 0 Å². The molecular formula is C12H28N2O. The van der Waals surface area contributed by atoms with Gasteiger partial charge in [-0.25, -0.2) is 0 Å². The summed E-state index contributed by atoms with van der Waals surface area (Å²) in [6.07, 6.45) is 2.19. The van der Waals surface area contributed by atoms with Gasteiger partial charge in [0.05, 0.1) is 6.61 Å². The maximum absolute atomic E-state index is 6.02. The van der Waals surface area contributed by atoms with Crippen molar-refractivity contribution in [1.29, 1.82) is 0 Å². The molecule has 2 N–H and O–H groups in total. The van der Waals surface area contributed by atoms with Crippen LogP contribution in [0.25, 0.3) is 0 Å². The Morgan fingerprint density at radius 3 is 2.33 bits per heavy atom. The summed E-state index contributed by atoms with van der Waals surface area (Å²) in [7, 11) is 3.91. The highest BCUT2D eigenvalue weighted by atomic mass is 16.5. The third-order valence-electron chi connectivity index (χ3n) is 3.13. The summed E-state index contributed by atoms with van der Waals surface area (Å²) < 4.78 is 5.20. The first-order valence-electron chi connectivity index (χ1n) is 5.97. The first-order valence-corrected chi connectivity index (χ1v) is 5.97. The van der Waals surface area contributed by atoms with Crippen LogP contribution < -0.4 is 5.73 Å². The lowest BCUT2D eigenvalue weighted by atomic mass is 10.0. The molecule has 0 rings (SSSR count). The Kier molecular flexibility index (Phi) is 8.02. The molecule has 0 bridgehead atoms. The zero-order valence-electron chi connectivity index (χ0n) is 11.0. The molecule has 92 valence electrons. The summed E-state index contributed by atoms with van der Waals surface area (Å²) in [5, 5.41) is 0. The van der Waals surface area contributed by atoms with Gasteiger partial charge in [0.25, 0.3) is 0 Å². The molecule has 0 radical (unpaired) electrons. The number of hydrogen-bond donors (Lipinski definition) is 1. The molecule has 0 saturated carbocycles. The lowest BCUT2D eigenvalue weighted by Crippen LogP contribution is -2.38. The van der Waals surface area contributed by atoms with Gasteiger partial charge in [0.2, 0.25) is 0 Å². The SMILES string of the molecule is CCC(COC)N(C)CCC(N)C(C)C. The molecule has 0 spiro atoms. The van der Waals surface area contributed by atoms with Crippen molar-refractivity contribution in [2.75, 3.05) is 27.3 Å². The molecule has 2 atom stereocenters. The number of methoxy groups -OCH3 is 1. The van der Waals surface area contributed by atoms with E-state index in [4.69, 9.17) is 10.5 Å². The van der Waals surface area contributed by atoms with Gasteiger partial charge in [-0.05, 0) is 32.4 Å². The van der Waals surface area contributed by atoms with Gasteiger partial charge >= 0.3 is 0 Å². The highest BCUT2D eigenvalue weighted by Crippen LogP contribution is 2.07. The van der Waals surface area contributed by atoms with Crippen LogP contribution in [-0.2, 0) is 4.74 Å². The number of hydrogen-bond acceptors (Lipinski definition) is 3. The topological polar surface area (TPSA) is 38.5 Å². The second-order valence-electron chi connectivity index (χ2n) is 4.69. The minimum Gasteiger partial charge on any atom is -0.383 e. The zero-order chi connectivity index (χ0) is 11.8. The van der Waals surface area contributed by atoms with E-state index in [2.05, 4.69) is 32.7 Å². The second kappa shape index (κ2) is 8.08. The molecule has 0 aliphatic carbocycles. The van der Waals surface area contributed by atoms with E-state index in [0.717, 1.165) is 26.0 Å². The Bertz CT molecular complexity index is 151. The lowest BCUT2D eigenvalue weighted by molar-refractivity contribution is 0.101. The summed E-state index contributed by atoms with van der Waals surface area (Å²) in [6, 6.07) is 0.835. The fraction of sp³-hybridized carbons (Fsp3) is 1.00. The Hall–Kier alpha value is -0.120. The van der Waals surface area contributed by atoms with E-state index in [1.165, 1.54) is 0 Å². The van der Waals surface area contributed by atoms with Gasteiger partial charge in [-0.3, -0.25) is 0 Å². The van der Waals surface area contributed by atoms with E-state index in [1.807, 2.05) is 0 Å². The molecule has 0 aromatic carbocycles. The Labute approximate surface area is 95.0 Å². The predicted octanol–water partition coefficient (Wildman–Crippen LogP) is 1.72. The van der Waals surface area contributed by atoms with Crippen LogP contribution in [0.1, 0.15) is 33.6 Å². The third kappa shape index (κ3) is 6.13. The number of ether oxygens (including phenoxy) is 1. The standard InChI is InChI=1S/C12H28N2O/c1-6-11(9-15-5)14(4)8-7-12(13)10(2)3/h10-12H,6-9,13H2,1-5H3. The Balaban J connectivity index is 3.84. The summed E-state index contributed by atoms with van der Waals surface area (Å²) in [5.41, 5.74) is 6.02. The van der Waals surface area contributed by atoms with E-state index in [9.17, 15) is 0 Å². The van der Waals surface area contributed by atoms with Gasteiger partial charge in [0.1, 0.15) is 0 Å². The smallest absolute Gasteiger partial charge is 0.0617 e. The van der Waals surface area contributed by atoms with Crippen molar-refractivity contribution >= 4 is 0 Å². The largest absolute Gasteiger partial charge is 0.383 e. The van der Waals surface area contributed by atoms with Crippen molar-refractivity contribution in [2.45, 2.75) is 45.7 Å². The summed E-state index contributed by atoms with van der Waals surface area (Å²) in [4.78, 5) is 2.35. The molecule has 0 fully saturated rings. The van der Waals surface area contributed by atoms with Crippen LogP contribution in [0, 0.1) is 5.92 Å². The second-order valence-corrected chi connectivity index (χ2v) is 4.69. The maximum atomic E-state index is 6.02.